The molecule has 1 aliphatic heterocycles. The molecule has 1 aromatic heterocycles. The number of H-pyrrole nitrogens is 1. The Balaban J connectivity index is 0.00000261. The van der Waals surface area contributed by atoms with E-state index in [-0.39, 0.29) is 24.0 Å². The van der Waals surface area contributed by atoms with Crippen LogP contribution in [0.5, 0.6) is 0 Å². The van der Waals surface area contributed by atoms with E-state index in [2.05, 4.69) is 57.9 Å². The molecule has 3 N–H and O–H groups in total. The largest absolute Gasteiger partial charge is 0.379 e. The summed E-state index contributed by atoms with van der Waals surface area (Å²) in [4.78, 5) is 10.5. The molecular formula is C20H32IN5O. The lowest BCUT2D eigenvalue weighted by Gasteiger charge is -2.26. The molecule has 7 heteroatoms. The molecule has 3 rings (SSSR count). The van der Waals surface area contributed by atoms with Gasteiger partial charge < -0.3 is 20.4 Å². The lowest BCUT2D eigenvalue weighted by Crippen LogP contribution is -2.39. The second kappa shape index (κ2) is 12.2. The minimum absolute atomic E-state index is 0. The molecule has 1 fully saturated rings. The first-order valence-corrected chi connectivity index (χ1v) is 9.74. The predicted octanol–water partition coefficient (Wildman–Crippen LogP) is 2.61. The van der Waals surface area contributed by atoms with Crippen molar-refractivity contribution in [3.63, 3.8) is 0 Å². The first-order valence-electron chi connectivity index (χ1n) is 9.74. The van der Waals surface area contributed by atoms with Gasteiger partial charge in [-0.15, -0.1) is 24.0 Å². The summed E-state index contributed by atoms with van der Waals surface area (Å²) < 4.78 is 5.39. The molecule has 2 heterocycles. The van der Waals surface area contributed by atoms with Crippen LogP contribution < -0.4 is 10.6 Å². The van der Waals surface area contributed by atoms with E-state index >= 15 is 0 Å². The predicted molar refractivity (Wildman–Crippen MR) is 123 cm³/mol. The molecule has 0 unspecified atom stereocenters. The summed E-state index contributed by atoms with van der Waals surface area (Å²) in [7, 11) is 0. The number of aliphatic imine (C=N–C) groups is 1. The normalized spacial score (nSPS) is 15.5. The van der Waals surface area contributed by atoms with Crippen molar-refractivity contribution in [2.75, 3.05) is 52.5 Å². The molecule has 6 nitrogen and oxygen atoms in total. The van der Waals surface area contributed by atoms with Crippen LogP contribution in [-0.2, 0) is 11.2 Å². The number of nitrogens with one attached hydrogen (secondary N) is 3. The van der Waals surface area contributed by atoms with Crippen molar-refractivity contribution in [1.82, 2.24) is 20.5 Å². The van der Waals surface area contributed by atoms with E-state index in [0.29, 0.717) is 0 Å². The van der Waals surface area contributed by atoms with Crippen molar-refractivity contribution in [2.45, 2.75) is 19.8 Å². The standard InChI is InChI=1S/C20H31N5O.HI/c1-2-21-20(22-9-5-11-25-12-14-26-15-13-25)23-10-8-17-16-24-19-7-4-3-6-18(17)19;/h3-4,6-7,16,24H,2,5,8-15H2,1H3,(H2,21,22,23);1H. The highest BCUT2D eigenvalue weighted by molar-refractivity contribution is 14.0. The van der Waals surface area contributed by atoms with Gasteiger partial charge in [0.05, 0.1) is 13.2 Å². The van der Waals surface area contributed by atoms with Gasteiger partial charge in [-0.2, -0.15) is 0 Å². The molecular weight excluding hydrogens is 453 g/mol. The number of aromatic amines is 1. The molecule has 150 valence electrons. The van der Waals surface area contributed by atoms with Gasteiger partial charge in [-0.3, -0.25) is 9.89 Å². The van der Waals surface area contributed by atoms with Crippen molar-refractivity contribution in [1.29, 1.82) is 0 Å². The van der Waals surface area contributed by atoms with Crippen LogP contribution in [0.15, 0.2) is 35.5 Å². The average molecular weight is 485 g/mol. The number of rotatable bonds is 8. The molecule has 1 saturated heterocycles. The molecule has 0 radical (unpaired) electrons. The monoisotopic (exact) mass is 485 g/mol. The fourth-order valence-electron chi connectivity index (χ4n) is 3.31. The number of morpholine rings is 1. The van der Waals surface area contributed by atoms with Crippen LogP contribution in [0.25, 0.3) is 10.9 Å². The molecule has 0 saturated carbocycles. The van der Waals surface area contributed by atoms with Crippen LogP contribution in [0.4, 0.5) is 0 Å². The topological polar surface area (TPSA) is 64.7 Å². The number of ether oxygens (including phenoxy) is 1. The van der Waals surface area contributed by atoms with Crippen molar-refractivity contribution in [3.8, 4) is 0 Å². The van der Waals surface area contributed by atoms with Gasteiger partial charge in [0.1, 0.15) is 0 Å². The summed E-state index contributed by atoms with van der Waals surface area (Å²) in [5, 5.41) is 8.10. The number of hydrogen-bond acceptors (Lipinski definition) is 3. The zero-order valence-corrected chi connectivity index (χ0v) is 18.5. The number of fused-ring (bicyclic) bond motifs is 1. The van der Waals surface area contributed by atoms with Gasteiger partial charge in [-0.1, -0.05) is 18.2 Å². The van der Waals surface area contributed by atoms with E-state index in [1.54, 1.807) is 0 Å². The number of aromatic nitrogens is 1. The number of para-hydroxylation sites is 1. The van der Waals surface area contributed by atoms with Crippen molar-refractivity contribution in [3.05, 3.63) is 36.0 Å². The lowest BCUT2D eigenvalue weighted by atomic mass is 10.1. The summed E-state index contributed by atoms with van der Waals surface area (Å²) in [5.74, 6) is 0.911. The molecule has 1 aromatic carbocycles. The third-order valence-electron chi connectivity index (χ3n) is 4.71. The molecule has 2 aromatic rings. The van der Waals surface area contributed by atoms with Gasteiger partial charge in [-0.05, 0) is 31.4 Å². The smallest absolute Gasteiger partial charge is 0.191 e. The highest BCUT2D eigenvalue weighted by atomic mass is 127. The Morgan fingerprint density at radius 2 is 2.04 bits per heavy atom. The van der Waals surface area contributed by atoms with Crippen molar-refractivity contribution < 1.29 is 4.74 Å². The van der Waals surface area contributed by atoms with Gasteiger partial charge in [0.2, 0.25) is 0 Å². The van der Waals surface area contributed by atoms with Crippen LogP contribution in [0, 0.1) is 0 Å². The van der Waals surface area contributed by atoms with Crippen molar-refractivity contribution >= 4 is 40.8 Å². The van der Waals surface area contributed by atoms with E-state index in [0.717, 1.165) is 71.3 Å². The minimum Gasteiger partial charge on any atom is -0.379 e. The number of hydrogen-bond donors (Lipinski definition) is 3. The van der Waals surface area contributed by atoms with Gasteiger partial charge in [0.15, 0.2) is 5.96 Å². The fourth-order valence-corrected chi connectivity index (χ4v) is 3.31. The highest BCUT2D eigenvalue weighted by Gasteiger charge is 2.09. The summed E-state index contributed by atoms with van der Waals surface area (Å²) in [6, 6.07) is 8.44. The van der Waals surface area contributed by atoms with Crippen LogP contribution in [0.2, 0.25) is 0 Å². The minimum atomic E-state index is 0. The summed E-state index contributed by atoms with van der Waals surface area (Å²) in [5.41, 5.74) is 2.54. The summed E-state index contributed by atoms with van der Waals surface area (Å²) in [6.45, 7) is 9.62. The average Bonchev–Trinajstić information content (AvgIpc) is 3.09. The number of benzene rings is 1. The Kier molecular flexibility index (Phi) is 9.93. The Hall–Kier alpha value is -1.32. The van der Waals surface area contributed by atoms with E-state index in [4.69, 9.17) is 9.73 Å². The van der Waals surface area contributed by atoms with Crippen LogP contribution in [0.3, 0.4) is 0 Å². The molecule has 0 atom stereocenters. The third kappa shape index (κ3) is 6.97. The SMILES string of the molecule is CCNC(=NCCCN1CCOCC1)NCCc1c[nH]c2ccccc12.I. The summed E-state index contributed by atoms with van der Waals surface area (Å²) in [6.07, 6.45) is 4.17. The Morgan fingerprint density at radius 3 is 2.85 bits per heavy atom. The molecule has 0 amide bonds. The third-order valence-corrected chi connectivity index (χ3v) is 4.71. The Labute approximate surface area is 179 Å². The van der Waals surface area contributed by atoms with Crippen LogP contribution >= 0.6 is 24.0 Å². The van der Waals surface area contributed by atoms with Gasteiger partial charge in [0, 0.05) is 56.4 Å². The van der Waals surface area contributed by atoms with Crippen LogP contribution in [0.1, 0.15) is 18.9 Å². The van der Waals surface area contributed by atoms with Gasteiger partial charge in [0.25, 0.3) is 0 Å². The number of halogens is 1. The number of guanidine groups is 1. The maximum Gasteiger partial charge on any atom is 0.191 e. The first-order chi connectivity index (χ1) is 12.9. The lowest BCUT2D eigenvalue weighted by molar-refractivity contribution is 0.0377. The Bertz CT molecular complexity index is 696. The van der Waals surface area contributed by atoms with Gasteiger partial charge >= 0.3 is 0 Å². The second-order valence-corrected chi connectivity index (χ2v) is 6.60. The molecule has 1 aliphatic rings. The number of nitrogens with zero attached hydrogens (tertiary/aromatic N) is 2. The fraction of sp³-hybridized carbons (Fsp3) is 0.550. The maximum atomic E-state index is 5.39. The van der Waals surface area contributed by atoms with Crippen molar-refractivity contribution in [2.24, 2.45) is 4.99 Å². The zero-order chi connectivity index (χ0) is 18.0. The van der Waals surface area contributed by atoms with Gasteiger partial charge in [-0.25, -0.2) is 0 Å². The maximum absolute atomic E-state index is 5.39. The van der Waals surface area contributed by atoms with E-state index in [9.17, 15) is 0 Å². The Morgan fingerprint density at radius 1 is 1.22 bits per heavy atom. The van der Waals surface area contributed by atoms with E-state index < -0.39 is 0 Å². The first kappa shape index (κ1) is 22.0. The molecule has 0 spiro atoms. The molecule has 0 aliphatic carbocycles. The highest BCUT2D eigenvalue weighted by Crippen LogP contribution is 2.17. The molecule has 0 bridgehead atoms. The zero-order valence-electron chi connectivity index (χ0n) is 16.2. The molecule has 27 heavy (non-hydrogen) atoms. The quantitative estimate of drug-likeness (QED) is 0.233. The second-order valence-electron chi connectivity index (χ2n) is 6.60. The summed E-state index contributed by atoms with van der Waals surface area (Å²) >= 11 is 0. The van der Waals surface area contributed by atoms with E-state index in [1.165, 1.54) is 16.5 Å². The van der Waals surface area contributed by atoms with Crippen LogP contribution in [-0.4, -0.2) is 68.3 Å². The van der Waals surface area contributed by atoms with E-state index in [1.807, 2.05) is 0 Å².